The molecular weight excluding hydrogens is 440 g/mol. The molecule has 3 heterocycles. The van der Waals surface area contributed by atoms with Gasteiger partial charge in [0.2, 0.25) is 0 Å². The molecule has 0 radical (unpaired) electrons. The highest BCUT2D eigenvalue weighted by molar-refractivity contribution is 7.21. The van der Waals surface area contributed by atoms with Gasteiger partial charge in [0.25, 0.3) is 17.7 Å². The molecule has 168 valence electrons. The quantitative estimate of drug-likeness (QED) is 0.517. The summed E-state index contributed by atoms with van der Waals surface area (Å²) >= 11 is 1.40. The van der Waals surface area contributed by atoms with Crippen molar-refractivity contribution in [2.45, 2.75) is 13.0 Å². The van der Waals surface area contributed by atoms with Crippen molar-refractivity contribution < 1.29 is 19.1 Å². The van der Waals surface area contributed by atoms with Crippen LogP contribution in [0.2, 0.25) is 0 Å². The third-order valence-corrected chi connectivity index (χ3v) is 6.81. The number of hydrogen-bond acceptors (Lipinski definition) is 6. The second-order valence-corrected chi connectivity index (χ2v) is 9.00. The molecule has 0 bridgehead atoms. The molecule has 33 heavy (non-hydrogen) atoms. The third-order valence-electron chi connectivity index (χ3n) is 5.64. The first kappa shape index (κ1) is 21.0. The molecular formula is C24H22N4O4S. The van der Waals surface area contributed by atoms with E-state index in [2.05, 4.69) is 22.5 Å². The van der Waals surface area contributed by atoms with Gasteiger partial charge in [-0.25, -0.2) is 0 Å². The van der Waals surface area contributed by atoms with Gasteiger partial charge in [-0.2, -0.15) is 0 Å². The first-order valence-electron chi connectivity index (χ1n) is 10.6. The van der Waals surface area contributed by atoms with Crippen LogP contribution in [0.4, 0.5) is 17.1 Å². The Labute approximate surface area is 194 Å². The van der Waals surface area contributed by atoms with Crippen LogP contribution in [0.5, 0.6) is 5.75 Å². The van der Waals surface area contributed by atoms with E-state index in [1.807, 2.05) is 13.0 Å². The second kappa shape index (κ2) is 8.25. The SMILES string of the molecule is C=CC(=O)N1CCOc2ccc(NC(=O)c3ccc4sc5c(c4c3)NCC(C)NC5=O)cc21. The van der Waals surface area contributed by atoms with Crippen LogP contribution in [0.15, 0.2) is 49.1 Å². The van der Waals surface area contributed by atoms with E-state index in [1.165, 1.54) is 17.4 Å². The minimum Gasteiger partial charge on any atom is -0.490 e. The zero-order valence-electron chi connectivity index (χ0n) is 17.9. The van der Waals surface area contributed by atoms with Gasteiger partial charge in [0.15, 0.2) is 0 Å². The monoisotopic (exact) mass is 462 g/mol. The Kier molecular flexibility index (Phi) is 5.26. The Hall–Kier alpha value is -3.85. The summed E-state index contributed by atoms with van der Waals surface area (Å²) in [7, 11) is 0. The molecule has 0 saturated carbocycles. The highest BCUT2D eigenvalue weighted by atomic mass is 32.1. The van der Waals surface area contributed by atoms with Gasteiger partial charge in [0.05, 0.1) is 17.9 Å². The van der Waals surface area contributed by atoms with Crippen molar-refractivity contribution in [1.29, 1.82) is 0 Å². The Bertz CT molecular complexity index is 1320. The van der Waals surface area contributed by atoms with Crippen LogP contribution in [0.3, 0.4) is 0 Å². The van der Waals surface area contributed by atoms with Crippen molar-refractivity contribution in [3.05, 3.63) is 59.5 Å². The molecule has 1 unspecified atom stereocenters. The number of hydrogen-bond donors (Lipinski definition) is 3. The van der Waals surface area contributed by atoms with Crippen LogP contribution in [0, 0.1) is 0 Å². The van der Waals surface area contributed by atoms with E-state index >= 15 is 0 Å². The summed E-state index contributed by atoms with van der Waals surface area (Å²) in [4.78, 5) is 39.9. The molecule has 2 aromatic carbocycles. The van der Waals surface area contributed by atoms with Gasteiger partial charge in [-0.1, -0.05) is 6.58 Å². The van der Waals surface area contributed by atoms with Gasteiger partial charge in [-0.3, -0.25) is 14.4 Å². The van der Waals surface area contributed by atoms with E-state index in [0.29, 0.717) is 47.3 Å². The van der Waals surface area contributed by atoms with Crippen molar-refractivity contribution >= 4 is 56.2 Å². The first-order valence-corrected chi connectivity index (χ1v) is 11.4. The molecule has 3 N–H and O–H groups in total. The minimum atomic E-state index is -0.290. The molecule has 1 aromatic heterocycles. The van der Waals surface area contributed by atoms with Crippen LogP contribution >= 0.6 is 11.3 Å². The van der Waals surface area contributed by atoms with Crippen molar-refractivity contribution in [2.24, 2.45) is 0 Å². The average Bonchev–Trinajstić information content (AvgIpc) is 3.12. The summed E-state index contributed by atoms with van der Waals surface area (Å²) in [5.41, 5.74) is 2.36. The Morgan fingerprint density at radius 2 is 2.12 bits per heavy atom. The molecule has 2 aliphatic heterocycles. The number of amides is 3. The number of anilines is 3. The van der Waals surface area contributed by atoms with E-state index in [0.717, 1.165) is 15.8 Å². The summed E-state index contributed by atoms with van der Waals surface area (Å²) in [6, 6.07) is 10.6. The van der Waals surface area contributed by atoms with Crippen molar-refractivity contribution in [3.8, 4) is 5.75 Å². The molecule has 2 aliphatic rings. The fourth-order valence-corrected chi connectivity index (χ4v) is 5.07. The second-order valence-electron chi connectivity index (χ2n) is 7.95. The van der Waals surface area contributed by atoms with Gasteiger partial charge >= 0.3 is 0 Å². The van der Waals surface area contributed by atoms with Crippen LogP contribution < -0.4 is 25.6 Å². The third kappa shape index (κ3) is 3.80. The smallest absolute Gasteiger partial charge is 0.263 e. The lowest BCUT2D eigenvalue weighted by Crippen LogP contribution is -2.36. The molecule has 0 fully saturated rings. The van der Waals surface area contributed by atoms with E-state index < -0.39 is 0 Å². The van der Waals surface area contributed by atoms with Gasteiger partial charge < -0.3 is 25.6 Å². The molecule has 3 aromatic rings. The fraction of sp³-hybridized carbons (Fsp3) is 0.208. The molecule has 1 atom stereocenters. The highest BCUT2D eigenvalue weighted by Crippen LogP contribution is 2.38. The van der Waals surface area contributed by atoms with Crippen molar-refractivity contribution in [2.75, 3.05) is 35.2 Å². The first-order chi connectivity index (χ1) is 15.9. The summed E-state index contributed by atoms with van der Waals surface area (Å²) in [6.45, 7) is 6.91. The Balaban J connectivity index is 1.44. The molecule has 0 saturated heterocycles. The number of thiophene rings is 1. The zero-order valence-corrected chi connectivity index (χ0v) is 18.8. The maximum absolute atomic E-state index is 13.0. The Morgan fingerprint density at radius 3 is 2.94 bits per heavy atom. The summed E-state index contributed by atoms with van der Waals surface area (Å²) in [6.07, 6.45) is 1.26. The maximum Gasteiger partial charge on any atom is 0.263 e. The number of fused-ring (bicyclic) bond motifs is 4. The number of carbonyl (C=O) groups is 3. The number of rotatable bonds is 3. The molecule has 3 amide bonds. The Morgan fingerprint density at radius 1 is 1.27 bits per heavy atom. The van der Waals surface area contributed by atoms with Crippen LogP contribution in [0.1, 0.15) is 27.0 Å². The lowest BCUT2D eigenvalue weighted by Gasteiger charge is -2.29. The maximum atomic E-state index is 13.0. The van der Waals surface area contributed by atoms with E-state index in [1.54, 1.807) is 35.2 Å². The zero-order chi connectivity index (χ0) is 23.1. The predicted octanol–water partition coefficient (Wildman–Crippen LogP) is 3.61. The van der Waals surface area contributed by atoms with E-state index in [-0.39, 0.29) is 23.8 Å². The summed E-state index contributed by atoms with van der Waals surface area (Å²) < 4.78 is 6.56. The van der Waals surface area contributed by atoms with Crippen molar-refractivity contribution in [3.63, 3.8) is 0 Å². The number of benzene rings is 2. The van der Waals surface area contributed by atoms with Gasteiger partial charge in [-0.05, 0) is 49.4 Å². The van der Waals surface area contributed by atoms with Crippen molar-refractivity contribution in [1.82, 2.24) is 5.32 Å². The highest BCUT2D eigenvalue weighted by Gasteiger charge is 2.25. The number of nitrogens with zero attached hydrogens (tertiary/aromatic N) is 1. The lowest BCUT2D eigenvalue weighted by atomic mass is 10.1. The van der Waals surface area contributed by atoms with Crippen LogP contribution in [-0.2, 0) is 4.79 Å². The standard InChI is InChI=1S/C24H22N4O4S/c1-3-20(29)28-8-9-32-18-6-5-15(11-17(18)28)27-23(30)14-4-7-19-16(10-14)21-22(33-19)24(31)26-13(2)12-25-21/h3-7,10-11,13,25H,1,8-9,12H2,2H3,(H,26,31)(H,27,30). The average molecular weight is 463 g/mol. The van der Waals surface area contributed by atoms with E-state index in [9.17, 15) is 14.4 Å². The van der Waals surface area contributed by atoms with Gasteiger partial charge in [0, 0.05) is 33.9 Å². The number of nitrogens with one attached hydrogen (secondary N) is 3. The van der Waals surface area contributed by atoms with Crippen LogP contribution in [0.25, 0.3) is 10.1 Å². The summed E-state index contributed by atoms with van der Waals surface area (Å²) in [5, 5.41) is 10.0. The van der Waals surface area contributed by atoms with Gasteiger partial charge in [-0.15, -0.1) is 11.3 Å². The predicted molar refractivity (Wildman–Crippen MR) is 130 cm³/mol. The summed E-state index contributed by atoms with van der Waals surface area (Å²) in [5.74, 6) is -0.0425. The number of ether oxygens (including phenoxy) is 1. The molecule has 0 aliphatic carbocycles. The van der Waals surface area contributed by atoms with Gasteiger partial charge in [0.1, 0.15) is 17.2 Å². The van der Waals surface area contributed by atoms with Crippen LogP contribution in [-0.4, -0.2) is 43.5 Å². The fourth-order valence-electron chi connectivity index (χ4n) is 4.01. The molecule has 8 nitrogen and oxygen atoms in total. The topological polar surface area (TPSA) is 99.8 Å². The lowest BCUT2D eigenvalue weighted by molar-refractivity contribution is -0.114. The van der Waals surface area contributed by atoms with E-state index in [4.69, 9.17) is 4.74 Å². The number of carbonyl (C=O) groups excluding carboxylic acids is 3. The molecule has 0 spiro atoms. The minimum absolute atomic E-state index is 0.0131. The molecule has 9 heteroatoms. The molecule has 5 rings (SSSR count). The largest absolute Gasteiger partial charge is 0.490 e. The normalized spacial score (nSPS) is 17.1.